The van der Waals surface area contributed by atoms with Crippen LogP contribution in [0.4, 0.5) is 0 Å². The number of amides is 1. The minimum atomic E-state index is -0.442. The molecule has 0 atom stereocenters. The number of aryl methyl sites for hydroxylation is 1. The van der Waals surface area contributed by atoms with Crippen molar-refractivity contribution in [3.63, 3.8) is 0 Å². The van der Waals surface area contributed by atoms with Crippen LogP contribution in [0.1, 0.15) is 16.1 Å². The number of aromatic nitrogens is 2. The number of carbonyl (C=O) groups excluding carboxylic acids is 1. The maximum Gasteiger partial charge on any atom is 0.289 e. The van der Waals surface area contributed by atoms with Crippen molar-refractivity contribution < 1.29 is 4.79 Å². The summed E-state index contributed by atoms with van der Waals surface area (Å²) in [6, 6.07) is 10.6. The number of hydrogen-bond donors (Lipinski definition) is 2. The van der Waals surface area contributed by atoms with Crippen LogP contribution in [0.15, 0.2) is 46.3 Å². The highest BCUT2D eigenvalue weighted by Gasteiger charge is 2.09. The second kappa shape index (κ2) is 5.13. The number of carbonyl (C=O) groups is 1. The minimum absolute atomic E-state index is 0.227. The molecule has 6 nitrogen and oxygen atoms in total. The Labute approximate surface area is 103 Å². The monoisotopic (exact) mass is 244 g/mol. The maximum atomic E-state index is 11.7. The first-order chi connectivity index (χ1) is 8.66. The quantitative estimate of drug-likeness (QED) is 0.608. The van der Waals surface area contributed by atoms with E-state index in [1.165, 1.54) is 17.0 Å². The van der Waals surface area contributed by atoms with Gasteiger partial charge in [0.15, 0.2) is 0 Å². The fourth-order valence-electron chi connectivity index (χ4n) is 1.46. The lowest BCUT2D eigenvalue weighted by molar-refractivity contribution is 0.0946. The Morgan fingerprint density at radius 1 is 1.39 bits per heavy atom. The Morgan fingerprint density at radius 3 is 2.72 bits per heavy atom. The molecular formula is C12H12N4O2. The Morgan fingerprint density at radius 2 is 2.11 bits per heavy atom. The molecule has 1 heterocycles. The lowest BCUT2D eigenvalue weighted by atomic mass is 10.2. The molecule has 6 heteroatoms. The molecule has 0 saturated heterocycles. The molecule has 0 bridgehead atoms. The molecule has 1 aromatic heterocycles. The van der Waals surface area contributed by atoms with E-state index in [4.69, 9.17) is 0 Å². The smallest absolute Gasteiger partial charge is 0.283 e. The maximum absolute atomic E-state index is 11.7. The zero-order chi connectivity index (χ0) is 13.0. The van der Waals surface area contributed by atoms with Gasteiger partial charge in [0.25, 0.3) is 11.5 Å². The van der Waals surface area contributed by atoms with E-state index in [1.54, 1.807) is 7.05 Å². The molecule has 2 aromatic rings. The van der Waals surface area contributed by atoms with E-state index in [2.05, 4.69) is 15.6 Å². The summed E-state index contributed by atoms with van der Waals surface area (Å²) in [7, 11) is 1.58. The van der Waals surface area contributed by atoms with E-state index in [-0.39, 0.29) is 11.3 Å². The van der Waals surface area contributed by atoms with Gasteiger partial charge in [0, 0.05) is 13.1 Å². The SMILES string of the molecule is Cn1[nH]c(=O)cc1C(=O)N/N=C/c1ccccc1. The van der Waals surface area contributed by atoms with Gasteiger partial charge in [0.05, 0.1) is 6.21 Å². The minimum Gasteiger partial charge on any atom is -0.283 e. The van der Waals surface area contributed by atoms with Crippen molar-refractivity contribution in [1.29, 1.82) is 0 Å². The summed E-state index contributed by atoms with van der Waals surface area (Å²) in [6.45, 7) is 0. The van der Waals surface area contributed by atoms with Gasteiger partial charge in [-0.05, 0) is 5.56 Å². The Kier molecular flexibility index (Phi) is 3.38. The van der Waals surface area contributed by atoms with Gasteiger partial charge in [-0.3, -0.25) is 19.4 Å². The van der Waals surface area contributed by atoms with Gasteiger partial charge in [-0.15, -0.1) is 0 Å². The van der Waals surface area contributed by atoms with Crippen LogP contribution in [-0.4, -0.2) is 21.9 Å². The van der Waals surface area contributed by atoms with Crippen LogP contribution in [0, 0.1) is 0 Å². The molecule has 0 radical (unpaired) electrons. The van der Waals surface area contributed by atoms with Crippen molar-refractivity contribution in [3.8, 4) is 0 Å². The summed E-state index contributed by atoms with van der Waals surface area (Å²) in [5.74, 6) is -0.442. The van der Waals surface area contributed by atoms with E-state index in [1.807, 2.05) is 30.3 Å². The summed E-state index contributed by atoms with van der Waals surface area (Å²) in [5, 5.41) is 6.26. The zero-order valence-corrected chi connectivity index (χ0v) is 9.75. The number of H-pyrrole nitrogens is 1. The second-order valence-electron chi connectivity index (χ2n) is 3.67. The standard InChI is InChI=1S/C12H12N4O2/c1-16-10(7-11(17)15-16)12(18)14-13-8-9-5-3-2-4-6-9/h2-8H,1H3,(H,14,18)(H,15,17)/b13-8+. The number of aromatic amines is 1. The molecule has 1 aromatic carbocycles. The highest BCUT2D eigenvalue weighted by Crippen LogP contribution is 1.94. The number of rotatable bonds is 3. The predicted molar refractivity (Wildman–Crippen MR) is 67.5 cm³/mol. The van der Waals surface area contributed by atoms with Crippen LogP contribution in [0.2, 0.25) is 0 Å². The van der Waals surface area contributed by atoms with Crippen molar-refractivity contribution in [2.45, 2.75) is 0 Å². The number of nitrogens with one attached hydrogen (secondary N) is 2. The molecule has 0 aliphatic carbocycles. The lowest BCUT2D eigenvalue weighted by Gasteiger charge is -1.99. The molecule has 0 unspecified atom stereocenters. The van der Waals surface area contributed by atoms with Crippen LogP contribution >= 0.6 is 0 Å². The third kappa shape index (κ3) is 2.73. The van der Waals surface area contributed by atoms with Crippen molar-refractivity contribution in [2.75, 3.05) is 0 Å². The summed E-state index contributed by atoms with van der Waals surface area (Å²) in [5.41, 5.74) is 3.13. The van der Waals surface area contributed by atoms with Gasteiger partial charge in [-0.1, -0.05) is 30.3 Å². The first kappa shape index (κ1) is 11.8. The normalized spacial score (nSPS) is 10.7. The number of hydrazone groups is 1. The Hall–Kier alpha value is -2.63. The molecule has 0 fully saturated rings. The van der Waals surface area contributed by atoms with Gasteiger partial charge in [-0.2, -0.15) is 5.10 Å². The molecule has 0 aliphatic rings. The molecule has 0 spiro atoms. The van der Waals surface area contributed by atoms with Crippen molar-refractivity contribution in [1.82, 2.24) is 15.2 Å². The summed E-state index contributed by atoms with van der Waals surface area (Å²) in [4.78, 5) is 22.7. The highest BCUT2D eigenvalue weighted by atomic mass is 16.2. The average molecular weight is 244 g/mol. The van der Waals surface area contributed by atoms with Crippen molar-refractivity contribution >= 4 is 12.1 Å². The van der Waals surface area contributed by atoms with Crippen LogP contribution in [0.3, 0.4) is 0 Å². The van der Waals surface area contributed by atoms with Gasteiger partial charge >= 0.3 is 0 Å². The van der Waals surface area contributed by atoms with Gasteiger partial charge in [-0.25, -0.2) is 5.43 Å². The van der Waals surface area contributed by atoms with E-state index in [0.717, 1.165) is 5.56 Å². The summed E-state index contributed by atoms with van der Waals surface area (Å²) >= 11 is 0. The molecule has 2 N–H and O–H groups in total. The van der Waals surface area contributed by atoms with Gasteiger partial charge in [0.2, 0.25) is 0 Å². The van der Waals surface area contributed by atoms with Crippen LogP contribution in [0.25, 0.3) is 0 Å². The average Bonchev–Trinajstić information content (AvgIpc) is 2.70. The van der Waals surface area contributed by atoms with Crippen LogP contribution in [0.5, 0.6) is 0 Å². The van der Waals surface area contributed by atoms with E-state index >= 15 is 0 Å². The highest BCUT2D eigenvalue weighted by molar-refractivity contribution is 5.93. The second-order valence-corrected chi connectivity index (χ2v) is 3.67. The largest absolute Gasteiger partial charge is 0.289 e. The predicted octanol–water partition coefficient (Wildman–Crippen LogP) is 0.477. The van der Waals surface area contributed by atoms with Crippen molar-refractivity contribution in [3.05, 3.63) is 58.0 Å². The zero-order valence-electron chi connectivity index (χ0n) is 9.75. The van der Waals surface area contributed by atoms with Crippen LogP contribution < -0.4 is 11.0 Å². The van der Waals surface area contributed by atoms with Gasteiger partial charge < -0.3 is 0 Å². The fourth-order valence-corrected chi connectivity index (χ4v) is 1.46. The molecule has 2 rings (SSSR count). The summed E-state index contributed by atoms with van der Waals surface area (Å²) in [6.07, 6.45) is 1.53. The van der Waals surface area contributed by atoms with Crippen LogP contribution in [-0.2, 0) is 7.05 Å². The Balaban J connectivity index is 2.03. The number of nitrogens with zero attached hydrogens (tertiary/aromatic N) is 2. The first-order valence-electron chi connectivity index (χ1n) is 5.31. The third-order valence-electron chi connectivity index (χ3n) is 2.32. The fraction of sp³-hybridized carbons (Fsp3) is 0.0833. The lowest BCUT2D eigenvalue weighted by Crippen LogP contribution is -2.20. The van der Waals surface area contributed by atoms with E-state index < -0.39 is 5.91 Å². The van der Waals surface area contributed by atoms with E-state index in [9.17, 15) is 9.59 Å². The molecular weight excluding hydrogens is 232 g/mol. The molecule has 18 heavy (non-hydrogen) atoms. The molecule has 1 amide bonds. The topological polar surface area (TPSA) is 79.2 Å². The third-order valence-corrected chi connectivity index (χ3v) is 2.32. The van der Waals surface area contributed by atoms with Crippen molar-refractivity contribution in [2.24, 2.45) is 12.1 Å². The van der Waals surface area contributed by atoms with E-state index in [0.29, 0.717) is 0 Å². The Bertz CT molecular complexity index is 625. The summed E-state index contributed by atoms with van der Waals surface area (Å²) < 4.78 is 1.34. The first-order valence-corrected chi connectivity index (χ1v) is 5.31. The number of hydrogen-bond acceptors (Lipinski definition) is 3. The van der Waals surface area contributed by atoms with Gasteiger partial charge in [0.1, 0.15) is 5.69 Å². The molecule has 0 saturated carbocycles. The number of benzene rings is 1. The molecule has 0 aliphatic heterocycles. The molecule has 92 valence electrons.